The van der Waals surface area contributed by atoms with Crippen LogP contribution >= 0.6 is 11.6 Å². The van der Waals surface area contributed by atoms with Crippen molar-refractivity contribution in [3.8, 4) is 0 Å². The van der Waals surface area contributed by atoms with Crippen LogP contribution in [0.1, 0.15) is 44.1 Å². The number of ether oxygens (including phenoxy) is 1. The summed E-state index contributed by atoms with van der Waals surface area (Å²) in [6.07, 6.45) is 1.27. The number of nitrogens with one attached hydrogen (secondary N) is 1. The number of carbonyl (C=O) groups is 4. The van der Waals surface area contributed by atoms with Crippen molar-refractivity contribution in [3.05, 3.63) is 59.1 Å². The Kier molecular flexibility index (Phi) is 9.75. The van der Waals surface area contributed by atoms with Crippen molar-refractivity contribution in [2.75, 3.05) is 25.4 Å². The van der Waals surface area contributed by atoms with E-state index in [4.69, 9.17) is 16.3 Å². The number of imidazole rings is 1. The van der Waals surface area contributed by atoms with Gasteiger partial charge in [0.25, 0.3) is 5.91 Å². The van der Waals surface area contributed by atoms with Gasteiger partial charge in [-0.1, -0.05) is 23.7 Å². The number of nitrogens with zero attached hydrogens (tertiary/aromatic N) is 4. The number of benzene rings is 2. The number of sulfone groups is 1. The third kappa shape index (κ3) is 7.45. The molecule has 0 radical (unpaired) electrons. The normalized spacial score (nSPS) is 16.1. The highest BCUT2D eigenvalue weighted by Gasteiger charge is 2.38. The summed E-state index contributed by atoms with van der Waals surface area (Å²) in [6, 6.07) is 9.16. The number of hydrogen-bond acceptors (Lipinski definition) is 9. The summed E-state index contributed by atoms with van der Waals surface area (Å²) < 4.78 is 32.8. The average molecular weight is 660 g/mol. The number of rotatable bonds is 11. The highest BCUT2D eigenvalue weighted by atomic mass is 35.5. The standard InChI is InChI=1S/C30H34ClN5O8S/c1-19(37)32-10-2-3-28(39)44-17-27-33-15-24-16-35(30(41)36(24)27)23-8-11-34(12-9-23)29(40)26(38)18-45(42,43)25-7-5-20-13-22(31)6-4-21(20)14-25/h4-7,13-15,23,26,38H,2-3,8-12,16-18H2,1H3,(H,32,37)/t26-/m1/s1. The van der Waals surface area contributed by atoms with Crippen LogP contribution in [-0.2, 0) is 42.1 Å². The lowest BCUT2D eigenvalue weighted by atomic mass is 10.0. The molecule has 3 aromatic rings. The van der Waals surface area contributed by atoms with Crippen LogP contribution in [0.25, 0.3) is 10.8 Å². The van der Waals surface area contributed by atoms with Gasteiger partial charge in [-0.25, -0.2) is 22.8 Å². The molecule has 0 saturated carbocycles. The second-order valence-corrected chi connectivity index (χ2v) is 13.6. The van der Waals surface area contributed by atoms with E-state index in [9.17, 15) is 32.7 Å². The molecule has 0 unspecified atom stereocenters. The summed E-state index contributed by atoms with van der Waals surface area (Å²) in [7, 11) is -3.96. The molecule has 1 atom stereocenters. The smallest absolute Gasteiger partial charge is 0.330 e. The Morgan fingerprint density at radius 2 is 1.84 bits per heavy atom. The zero-order valence-electron chi connectivity index (χ0n) is 24.6. The number of amides is 3. The van der Waals surface area contributed by atoms with Gasteiger partial charge in [-0.3, -0.25) is 14.4 Å². The van der Waals surface area contributed by atoms with E-state index in [1.807, 2.05) is 0 Å². The van der Waals surface area contributed by atoms with E-state index < -0.39 is 33.6 Å². The molecule has 0 spiro atoms. The molecule has 5 rings (SSSR count). The Labute approximate surface area is 265 Å². The van der Waals surface area contributed by atoms with Gasteiger partial charge in [0, 0.05) is 44.0 Å². The fraction of sp³-hybridized carbons (Fsp3) is 0.433. The van der Waals surface area contributed by atoms with E-state index in [0.717, 1.165) is 5.39 Å². The number of carbonyl (C=O) groups excluding carboxylic acids is 4. The number of aromatic nitrogens is 2. The summed E-state index contributed by atoms with van der Waals surface area (Å²) in [5.74, 6) is -1.76. The molecule has 2 aliphatic rings. The predicted octanol–water partition coefficient (Wildman–Crippen LogP) is 2.26. The van der Waals surface area contributed by atoms with Crippen LogP contribution in [0.3, 0.4) is 0 Å². The van der Waals surface area contributed by atoms with Crippen molar-refractivity contribution in [3.63, 3.8) is 0 Å². The van der Waals surface area contributed by atoms with Crippen molar-refractivity contribution in [1.29, 1.82) is 0 Å². The van der Waals surface area contributed by atoms with Crippen molar-refractivity contribution < 1.29 is 37.4 Å². The predicted molar refractivity (Wildman–Crippen MR) is 163 cm³/mol. The zero-order chi connectivity index (χ0) is 32.3. The van der Waals surface area contributed by atoms with Gasteiger partial charge in [0.15, 0.2) is 15.7 Å². The maximum atomic E-state index is 13.3. The van der Waals surface area contributed by atoms with Gasteiger partial charge >= 0.3 is 12.0 Å². The van der Waals surface area contributed by atoms with Gasteiger partial charge in [0.05, 0.1) is 29.1 Å². The van der Waals surface area contributed by atoms with E-state index in [1.54, 1.807) is 35.4 Å². The van der Waals surface area contributed by atoms with Gasteiger partial charge in [-0.2, -0.15) is 0 Å². The third-order valence-corrected chi connectivity index (χ3v) is 9.95. The maximum Gasteiger partial charge on any atom is 0.330 e. The Balaban J connectivity index is 1.11. The fourth-order valence-electron chi connectivity index (χ4n) is 5.62. The first-order valence-corrected chi connectivity index (χ1v) is 16.6. The molecule has 0 aliphatic carbocycles. The van der Waals surface area contributed by atoms with Crippen molar-refractivity contribution in [2.45, 2.75) is 62.8 Å². The van der Waals surface area contributed by atoms with Crippen molar-refractivity contribution in [1.82, 2.24) is 24.7 Å². The third-order valence-electron chi connectivity index (χ3n) is 7.98. The van der Waals surface area contributed by atoms with Gasteiger partial charge in [-0.15, -0.1) is 0 Å². The van der Waals surface area contributed by atoms with E-state index in [-0.39, 0.29) is 49.0 Å². The SMILES string of the molecule is CC(=O)NCCCC(=O)OCc1ncc2n1C(=O)N(C1CCN(C(=O)[C@H](O)CS(=O)(=O)c3ccc4cc(Cl)ccc4c3)CC1)C2. The molecule has 2 aromatic carbocycles. The van der Waals surface area contributed by atoms with Gasteiger partial charge in [-0.05, 0) is 54.3 Å². The molecule has 15 heteroatoms. The molecule has 2 aliphatic heterocycles. The highest BCUT2D eigenvalue weighted by molar-refractivity contribution is 7.91. The number of piperidine rings is 1. The van der Waals surface area contributed by atoms with Gasteiger partial charge in [0.2, 0.25) is 5.91 Å². The molecular weight excluding hydrogens is 626 g/mol. The highest BCUT2D eigenvalue weighted by Crippen LogP contribution is 2.27. The van der Waals surface area contributed by atoms with E-state index in [2.05, 4.69) is 10.3 Å². The molecule has 1 aromatic heterocycles. The van der Waals surface area contributed by atoms with Gasteiger partial charge < -0.3 is 25.0 Å². The topological polar surface area (TPSA) is 168 Å². The largest absolute Gasteiger partial charge is 0.457 e. The molecule has 3 heterocycles. The molecule has 3 amide bonds. The van der Waals surface area contributed by atoms with Gasteiger partial charge in [0.1, 0.15) is 12.7 Å². The minimum atomic E-state index is -3.96. The Bertz CT molecular complexity index is 1730. The Morgan fingerprint density at radius 1 is 1.13 bits per heavy atom. The van der Waals surface area contributed by atoms with Crippen LogP contribution in [0, 0.1) is 0 Å². The number of halogens is 1. The summed E-state index contributed by atoms with van der Waals surface area (Å²) in [4.78, 5) is 56.6. The van der Waals surface area contributed by atoms with Crippen LogP contribution in [-0.4, -0.2) is 94.2 Å². The number of aliphatic hydroxyl groups is 1. The van der Waals surface area contributed by atoms with Crippen LogP contribution in [0.4, 0.5) is 4.79 Å². The fourth-order valence-corrected chi connectivity index (χ4v) is 7.13. The number of hydrogen-bond donors (Lipinski definition) is 2. The minimum absolute atomic E-state index is 0.00455. The summed E-state index contributed by atoms with van der Waals surface area (Å²) in [6.45, 7) is 2.40. The molecule has 240 valence electrons. The first-order chi connectivity index (χ1) is 21.4. The molecule has 13 nitrogen and oxygen atoms in total. The van der Waals surface area contributed by atoms with Crippen molar-refractivity contribution in [2.24, 2.45) is 0 Å². The molecule has 2 N–H and O–H groups in total. The average Bonchev–Trinajstić information content (AvgIpc) is 3.56. The summed E-state index contributed by atoms with van der Waals surface area (Å²) >= 11 is 6.01. The Morgan fingerprint density at radius 3 is 2.58 bits per heavy atom. The molecule has 0 bridgehead atoms. The van der Waals surface area contributed by atoms with Crippen LogP contribution < -0.4 is 5.32 Å². The quantitative estimate of drug-likeness (QED) is 0.232. The summed E-state index contributed by atoms with van der Waals surface area (Å²) in [5.41, 5.74) is 0.660. The van der Waals surface area contributed by atoms with Crippen LogP contribution in [0.2, 0.25) is 5.02 Å². The van der Waals surface area contributed by atoms with E-state index >= 15 is 0 Å². The Hall–Kier alpha value is -4.01. The van der Waals surface area contributed by atoms with Crippen LogP contribution in [0.5, 0.6) is 0 Å². The lowest BCUT2D eigenvalue weighted by molar-refractivity contribution is -0.145. The number of fused-ring (bicyclic) bond motifs is 2. The van der Waals surface area contributed by atoms with E-state index in [0.29, 0.717) is 54.3 Å². The minimum Gasteiger partial charge on any atom is -0.457 e. The number of esters is 1. The molecule has 1 fully saturated rings. The molecule has 45 heavy (non-hydrogen) atoms. The zero-order valence-corrected chi connectivity index (χ0v) is 26.2. The molecular formula is C30H34ClN5O8S. The first kappa shape index (κ1) is 32.4. The number of likely N-dealkylation sites (tertiary alicyclic amines) is 1. The second-order valence-electron chi connectivity index (χ2n) is 11.2. The lowest BCUT2D eigenvalue weighted by Crippen LogP contribution is -2.50. The second kappa shape index (κ2) is 13.5. The van der Waals surface area contributed by atoms with E-state index in [1.165, 1.54) is 28.5 Å². The first-order valence-electron chi connectivity index (χ1n) is 14.6. The molecule has 1 saturated heterocycles. The lowest BCUT2D eigenvalue weighted by Gasteiger charge is -2.37. The van der Waals surface area contributed by atoms with Crippen molar-refractivity contribution >= 4 is 56.0 Å². The maximum absolute atomic E-state index is 13.3. The summed E-state index contributed by atoms with van der Waals surface area (Å²) in [5, 5.41) is 15.2. The monoisotopic (exact) mass is 659 g/mol. The number of aliphatic hydroxyl groups excluding tert-OH is 1. The van der Waals surface area contributed by atoms with Crippen LogP contribution in [0.15, 0.2) is 47.5 Å².